The van der Waals surface area contributed by atoms with E-state index >= 15 is 0 Å². The molecular formula is C39H35F2N7O5. The van der Waals surface area contributed by atoms with Crippen LogP contribution in [0.25, 0.3) is 22.8 Å². The van der Waals surface area contributed by atoms with Crippen LogP contribution in [-0.2, 0) is 9.59 Å². The Morgan fingerprint density at radius 2 is 1.13 bits per heavy atom. The average molecular weight is 720 g/mol. The lowest BCUT2D eigenvalue weighted by atomic mass is 10.1. The lowest BCUT2D eigenvalue weighted by molar-refractivity contribution is -0.117. The van der Waals surface area contributed by atoms with Crippen LogP contribution in [0.1, 0.15) is 59.5 Å². The predicted octanol–water partition coefficient (Wildman–Crippen LogP) is 6.34. The second kappa shape index (κ2) is 15.5. The van der Waals surface area contributed by atoms with Gasteiger partial charge in [-0.1, -0.05) is 12.1 Å². The van der Waals surface area contributed by atoms with Crippen molar-refractivity contribution in [3.05, 3.63) is 114 Å². The zero-order valence-electron chi connectivity index (χ0n) is 28.5. The van der Waals surface area contributed by atoms with Crippen LogP contribution in [0.3, 0.4) is 0 Å². The first-order valence-electron chi connectivity index (χ1n) is 17.3. The largest absolute Gasteiger partial charge is 0.436 e. The number of halogens is 2. The Balaban J connectivity index is 0.905. The van der Waals surface area contributed by atoms with E-state index in [9.17, 15) is 28.0 Å². The van der Waals surface area contributed by atoms with Gasteiger partial charge in [-0.3, -0.25) is 19.2 Å². The Labute approximate surface area is 303 Å². The van der Waals surface area contributed by atoms with Gasteiger partial charge in [-0.2, -0.15) is 8.78 Å². The Hall–Kier alpha value is -6.31. The SMILES string of the molecule is O=C(C[C@@H]1CCCN1C(=O)c1cccc(F)n1)Nc1ccc(-c2cnc(-c3ccc(NC(=O)C[C@@H]4CCCN4C(=O)c4cccc(F)n4)cc3)o2)cc1. The number of rotatable bonds is 10. The number of aromatic nitrogens is 3. The molecule has 0 saturated carbocycles. The standard InChI is InChI=1S/C39H35F2N7O5/c40-33-9-1-7-30(45-33)38(51)47-19-3-5-28(47)21-35(49)43-26-15-11-24(12-16-26)32-23-42-37(53-32)25-13-17-27(18-14-25)44-36(50)22-29-6-4-20-48(29)39(52)31-8-2-10-34(41)46-31/h1-2,7-18,23,28-29H,3-6,19-22H2,(H,43,49)(H,44,50)/t28-,29-/m0/s1. The summed E-state index contributed by atoms with van der Waals surface area (Å²) in [5.41, 5.74) is 2.63. The quantitative estimate of drug-likeness (QED) is 0.159. The van der Waals surface area contributed by atoms with Crippen molar-refractivity contribution in [2.45, 2.75) is 50.6 Å². The molecule has 0 aliphatic carbocycles. The zero-order chi connectivity index (χ0) is 36.9. The van der Waals surface area contributed by atoms with E-state index in [0.717, 1.165) is 18.4 Å². The highest BCUT2D eigenvalue weighted by molar-refractivity contribution is 5.96. The van der Waals surface area contributed by atoms with Crippen LogP contribution in [0, 0.1) is 11.9 Å². The van der Waals surface area contributed by atoms with Crippen LogP contribution in [0.4, 0.5) is 20.2 Å². The molecule has 0 radical (unpaired) electrons. The molecule has 270 valence electrons. The van der Waals surface area contributed by atoms with Crippen molar-refractivity contribution in [3.63, 3.8) is 0 Å². The van der Waals surface area contributed by atoms with Crippen LogP contribution in [0.15, 0.2) is 95.5 Å². The van der Waals surface area contributed by atoms with Crippen molar-refractivity contribution in [1.82, 2.24) is 24.8 Å². The average Bonchev–Trinajstić information content (AvgIpc) is 3.94. The molecule has 4 amide bonds. The molecule has 2 atom stereocenters. The summed E-state index contributed by atoms with van der Waals surface area (Å²) in [4.78, 5) is 66.6. The van der Waals surface area contributed by atoms with Gasteiger partial charge in [0.05, 0.1) is 6.20 Å². The number of likely N-dealkylation sites (tertiary alicyclic amines) is 2. The van der Waals surface area contributed by atoms with Crippen LogP contribution in [-0.4, -0.2) is 73.6 Å². The molecule has 5 aromatic rings. The minimum Gasteiger partial charge on any atom is -0.436 e. The van der Waals surface area contributed by atoms with Crippen LogP contribution >= 0.6 is 0 Å². The number of carbonyl (C=O) groups is 4. The summed E-state index contributed by atoms with van der Waals surface area (Å²) >= 11 is 0. The number of amides is 4. The normalized spacial score (nSPS) is 16.8. The Morgan fingerprint density at radius 3 is 1.60 bits per heavy atom. The molecule has 2 aliphatic heterocycles. The molecule has 0 unspecified atom stereocenters. The first-order chi connectivity index (χ1) is 25.7. The zero-order valence-corrected chi connectivity index (χ0v) is 28.5. The minimum absolute atomic E-state index is 0.0188. The van der Waals surface area contributed by atoms with Crippen LogP contribution in [0.2, 0.25) is 0 Å². The molecular weight excluding hydrogens is 684 g/mol. The second-order valence-electron chi connectivity index (χ2n) is 13.0. The number of carbonyl (C=O) groups excluding carboxylic acids is 4. The first kappa shape index (κ1) is 35.1. The van der Waals surface area contributed by atoms with Gasteiger partial charge in [0.2, 0.25) is 29.6 Å². The molecule has 0 bridgehead atoms. The molecule has 3 aromatic heterocycles. The molecule has 14 heteroatoms. The molecule has 5 heterocycles. The van der Waals surface area contributed by atoms with Gasteiger partial charge in [-0.05, 0) is 98.5 Å². The highest BCUT2D eigenvalue weighted by Crippen LogP contribution is 2.29. The highest BCUT2D eigenvalue weighted by atomic mass is 19.1. The fraction of sp³-hybridized carbons (Fsp3) is 0.256. The molecule has 2 N–H and O–H groups in total. The topological polar surface area (TPSA) is 151 Å². The maximum absolute atomic E-state index is 13.6. The van der Waals surface area contributed by atoms with Crippen LogP contribution < -0.4 is 10.6 Å². The number of hydrogen-bond donors (Lipinski definition) is 2. The fourth-order valence-corrected chi connectivity index (χ4v) is 6.79. The molecule has 0 spiro atoms. The van der Waals surface area contributed by atoms with E-state index in [1.165, 1.54) is 36.4 Å². The van der Waals surface area contributed by atoms with Crippen molar-refractivity contribution in [2.75, 3.05) is 23.7 Å². The summed E-state index contributed by atoms with van der Waals surface area (Å²) in [7, 11) is 0. The van der Waals surface area contributed by atoms with Crippen molar-refractivity contribution in [2.24, 2.45) is 0 Å². The Bertz CT molecular complexity index is 1990. The molecule has 12 nitrogen and oxygen atoms in total. The number of pyridine rings is 2. The van der Waals surface area contributed by atoms with Gasteiger partial charge in [0.1, 0.15) is 11.4 Å². The van der Waals surface area contributed by atoms with Gasteiger partial charge in [0, 0.05) is 60.5 Å². The number of anilines is 2. The molecule has 2 fully saturated rings. The van der Waals surface area contributed by atoms with Gasteiger partial charge >= 0.3 is 0 Å². The van der Waals surface area contributed by atoms with E-state index in [0.29, 0.717) is 54.5 Å². The summed E-state index contributed by atoms with van der Waals surface area (Å²) in [5, 5.41) is 5.76. The summed E-state index contributed by atoms with van der Waals surface area (Å²) in [6.07, 6.45) is 4.63. The van der Waals surface area contributed by atoms with E-state index in [4.69, 9.17) is 4.42 Å². The third-order valence-electron chi connectivity index (χ3n) is 9.36. The molecule has 2 aromatic carbocycles. The van der Waals surface area contributed by atoms with Crippen molar-refractivity contribution in [3.8, 4) is 22.8 Å². The van der Waals surface area contributed by atoms with E-state index in [1.807, 2.05) is 0 Å². The Morgan fingerprint density at radius 1 is 0.660 bits per heavy atom. The maximum Gasteiger partial charge on any atom is 0.272 e. The highest BCUT2D eigenvalue weighted by Gasteiger charge is 2.33. The molecule has 7 rings (SSSR count). The van der Waals surface area contributed by atoms with Gasteiger partial charge in [0.15, 0.2) is 5.76 Å². The molecule has 53 heavy (non-hydrogen) atoms. The number of oxazole rings is 1. The summed E-state index contributed by atoms with van der Waals surface area (Å²) in [6, 6.07) is 21.7. The summed E-state index contributed by atoms with van der Waals surface area (Å²) in [6.45, 7) is 0.957. The predicted molar refractivity (Wildman–Crippen MR) is 190 cm³/mol. The van der Waals surface area contributed by atoms with Crippen LogP contribution in [0.5, 0.6) is 0 Å². The van der Waals surface area contributed by atoms with E-state index in [1.54, 1.807) is 64.5 Å². The lowest BCUT2D eigenvalue weighted by Gasteiger charge is -2.24. The summed E-state index contributed by atoms with van der Waals surface area (Å²) < 4.78 is 33.1. The van der Waals surface area contributed by atoms with Gasteiger partial charge < -0.3 is 24.9 Å². The third-order valence-corrected chi connectivity index (χ3v) is 9.36. The van der Waals surface area contributed by atoms with Crippen molar-refractivity contribution < 1.29 is 32.4 Å². The van der Waals surface area contributed by atoms with E-state index < -0.39 is 23.7 Å². The van der Waals surface area contributed by atoms with Gasteiger partial charge in [-0.25, -0.2) is 15.0 Å². The monoisotopic (exact) mass is 719 g/mol. The Kier molecular flexibility index (Phi) is 10.3. The first-order valence-corrected chi connectivity index (χ1v) is 17.3. The third kappa shape index (κ3) is 8.27. The van der Waals surface area contributed by atoms with Gasteiger partial charge in [-0.15, -0.1) is 0 Å². The fourth-order valence-electron chi connectivity index (χ4n) is 6.79. The number of benzene rings is 2. The maximum atomic E-state index is 13.6. The lowest BCUT2D eigenvalue weighted by Crippen LogP contribution is -2.38. The summed E-state index contributed by atoms with van der Waals surface area (Å²) in [5.74, 6) is -1.83. The van der Waals surface area contributed by atoms with Crippen molar-refractivity contribution >= 4 is 35.0 Å². The number of hydrogen-bond acceptors (Lipinski definition) is 8. The second-order valence-corrected chi connectivity index (χ2v) is 13.0. The van der Waals surface area contributed by atoms with Crippen molar-refractivity contribution in [1.29, 1.82) is 0 Å². The number of nitrogens with zero attached hydrogens (tertiary/aromatic N) is 5. The number of nitrogens with one attached hydrogen (secondary N) is 2. The molecule has 2 saturated heterocycles. The van der Waals surface area contributed by atoms with Gasteiger partial charge in [0.25, 0.3) is 11.8 Å². The van der Waals surface area contributed by atoms with E-state index in [-0.39, 0.29) is 48.1 Å². The minimum atomic E-state index is -0.727. The molecule has 2 aliphatic rings. The smallest absolute Gasteiger partial charge is 0.272 e. The van der Waals surface area contributed by atoms with E-state index in [2.05, 4.69) is 25.6 Å².